The Bertz CT molecular complexity index is 1650. The summed E-state index contributed by atoms with van der Waals surface area (Å²) in [6, 6.07) is 28.6. The Morgan fingerprint density at radius 3 is 2.45 bits per heavy atom. The number of hydrogen-bond acceptors (Lipinski definition) is 5. The van der Waals surface area contributed by atoms with Crippen LogP contribution < -0.4 is 10.1 Å². The van der Waals surface area contributed by atoms with E-state index in [2.05, 4.69) is 28.4 Å². The molecule has 42 heavy (non-hydrogen) atoms. The number of nitrogens with one attached hydrogen (secondary N) is 1. The minimum Gasteiger partial charge on any atom is -0.493 e. The molecule has 0 unspecified atom stereocenters. The summed E-state index contributed by atoms with van der Waals surface area (Å²) in [7, 11) is -3.65. The number of rotatable bonds is 9. The van der Waals surface area contributed by atoms with Gasteiger partial charge in [-0.1, -0.05) is 79.2 Å². The Kier molecular flexibility index (Phi) is 8.58. The van der Waals surface area contributed by atoms with E-state index >= 15 is 0 Å². The maximum absolute atomic E-state index is 13.6. The number of piperidine rings is 1. The molecule has 4 aromatic rings. The summed E-state index contributed by atoms with van der Waals surface area (Å²) in [5.41, 5.74) is 3.05. The van der Waals surface area contributed by atoms with Gasteiger partial charge in [0.15, 0.2) is 9.84 Å². The quantitative estimate of drug-likeness (QED) is 0.247. The SMILES string of the molecule is O=C(C[C@@H](CS(=O)(=O)c1ccc2ccccc2c1)c1ccccc1)N[C@@H]1CCOc2cc(CN3CCCCC3)ccc21. The highest BCUT2D eigenvalue weighted by atomic mass is 32.2. The van der Waals surface area contributed by atoms with Gasteiger partial charge in [0.05, 0.1) is 23.3 Å². The number of carbonyl (C=O) groups excluding carboxylic acids is 1. The van der Waals surface area contributed by atoms with Gasteiger partial charge in [-0.3, -0.25) is 9.69 Å². The molecule has 2 aliphatic heterocycles. The Labute approximate surface area is 248 Å². The van der Waals surface area contributed by atoms with E-state index in [0.717, 1.165) is 47.3 Å². The molecule has 218 valence electrons. The number of benzene rings is 4. The standard InChI is InChI=1S/C35H38N2O4S/c38-35(36-33-17-20-41-34-21-26(13-16-32(33)34)24-37-18-7-2-8-19-37)23-30(27-9-3-1-4-10-27)25-42(39,40)31-15-14-28-11-5-6-12-29(28)22-31/h1,3-6,9-16,21-22,30,33H,2,7-8,17-20,23-25H2,(H,36,38)/t30-,33+/m0/s1. The van der Waals surface area contributed by atoms with Gasteiger partial charge in [-0.15, -0.1) is 0 Å². The summed E-state index contributed by atoms with van der Waals surface area (Å²) >= 11 is 0. The largest absolute Gasteiger partial charge is 0.493 e. The first-order valence-corrected chi connectivity index (χ1v) is 16.6. The fourth-order valence-corrected chi connectivity index (χ4v) is 7.87. The molecule has 6 rings (SSSR count). The van der Waals surface area contributed by atoms with Crippen LogP contribution in [0.15, 0.2) is 95.9 Å². The van der Waals surface area contributed by atoms with Gasteiger partial charge in [-0.2, -0.15) is 0 Å². The van der Waals surface area contributed by atoms with Crippen molar-refractivity contribution in [3.63, 3.8) is 0 Å². The molecule has 2 aliphatic rings. The van der Waals surface area contributed by atoms with Crippen LogP contribution >= 0.6 is 0 Å². The van der Waals surface area contributed by atoms with Gasteiger partial charge in [0.25, 0.3) is 0 Å². The normalized spacial score (nSPS) is 18.1. The minimum atomic E-state index is -3.65. The van der Waals surface area contributed by atoms with Crippen LogP contribution in [0.25, 0.3) is 10.8 Å². The van der Waals surface area contributed by atoms with E-state index in [9.17, 15) is 13.2 Å². The summed E-state index contributed by atoms with van der Waals surface area (Å²) in [5, 5.41) is 5.07. The van der Waals surface area contributed by atoms with Crippen molar-refractivity contribution < 1.29 is 17.9 Å². The average molecular weight is 583 g/mol. The van der Waals surface area contributed by atoms with Gasteiger partial charge < -0.3 is 10.1 Å². The topological polar surface area (TPSA) is 75.7 Å². The zero-order valence-corrected chi connectivity index (χ0v) is 24.7. The van der Waals surface area contributed by atoms with Crippen molar-refractivity contribution in [2.45, 2.75) is 55.5 Å². The summed E-state index contributed by atoms with van der Waals surface area (Å²) < 4.78 is 33.2. The summed E-state index contributed by atoms with van der Waals surface area (Å²) in [4.78, 5) is 16.2. The minimum absolute atomic E-state index is 0.0799. The molecule has 2 heterocycles. The van der Waals surface area contributed by atoms with Crippen molar-refractivity contribution in [3.05, 3.63) is 108 Å². The third kappa shape index (κ3) is 6.69. The number of sulfone groups is 1. The van der Waals surface area contributed by atoms with Gasteiger partial charge in [-0.25, -0.2) is 8.42 Å². The molecule has 2 atom stereocenters. The molecule has 4 aromatic carbocycles. The molecule has 0 spiro atoms. The highest BCUT2D eigenvalue weighted by Crippen LogP contribution is 2.34. The number of nitrogens with zero attached hydrogens (tertiary/aromatic N) is 1. The lowest BCUT2D eigenvalue weighted by atomic mass is 9.95. The Morgan fingerprint density at radius 1 is 0.881 bits per heavy atom. The predicted molar refractivity (Wildman–Crippen MR) is 166 cm³/mol. The van der Waals surface area contributed by atoms with E-state index < -0.39 is 15.8 Å². The number of carbonyl (C=O) groups is 1. The Morgan fingerprint density at radius 2 is 1.64 bits per heavy atom. The second kappa shape index (κ2) is 12.7. The monoisotopic (exact) mass is 582 g/mol. The molecule has 0 bridgehead atoms. The second-order valence-electron chi connectivity index (χ2n) is 11.6. The van der Waals surface area contributed by atoms with Crippen molar-refractivity contribution in [2.75, 3.05) is 25.4 Å². The number of amides is 1. The first kappa shape index (κ1) is 28.4. The third-order valence-corrected chi connectivity index (χ3v) is 10.3. The summed E-state index contributed by atoms with van der Waals surface area (Å²) in [5.74, 6) is 0.0498. The van der Waals surface area contributed by atoms with E-state index in [1.807, 2.05) is 60.7 Å². The predicted octanol–water partition coefficient (Wildman–Crippen LogP) is 6.41. The first-order valence-electron chi connectivity index (χ1n) is 15.0. The van der Waals surface area contributed by atoms with Crippen LogP contribution in [0.2, 0.25) is 0 Å². The molecule has 0 aliphatic carbocycles. The number of likely N-dealkylation sites (tertiary alicyclic amines) is 1. The lowest BCUT2D eigenvalue weighted by Crippen LogP contribution is -2.34. The molecule has 1 fully saturated rings. The van der Waals surface area contributed by atoms with Crippen LogP contribution in [0.5, 0.6) is 5.75 Å². The molecule has 1 N–H and O–H groups in total. The smallest absolute Gasteiger partial charge is 0.221 e. The summed E-state index contributed by atoms with van der Waals surface area (Å²) in [6.45, 7) is 3.72. The van der Waals surface area contributed by atoms with Crippen LogP contribution in [0.3, 0.4) is 0 Å². The van der Waals surface area contributed by atoms with Gasteiger partial charge in [0.1, 0.15) is 5.75 Å². The second-order valence-corrected chi connectivity index (χ2v) is 13.6. The van der Waals surface area contributed by atoms with Gasteiger partial charge in [-0.05, 0) is 66.0 Å². The van der Waals surface area contributed by atoms with Crippen LogP contribution in [-0.2, 0) is 21.2 Å². The average Bonchev–Trinajstić information content (AvgIpc) is 3.01. The Balaban J connectivity index is 1.17. The first-order chi connectivity index (χ1) is 20.4. The maximum Gasteiger partial charge on any atom is 0.221 e. The molecule has 0 radical (unpaired) electrons. The lowest BCUT2D eigenvalue weighted by molar-refractivity contribution is -0.122. The van der Waals surface area contributed by atoms with Gasteiger partial charge in [0.2, 0.25) is 5.91 Å². The van der Waals surface area contributed by atoms with E-state index in [4.69, 9.17) is 4.74 Å². The summed E-state index contributed by atoms with van der Waals surface area (Å²) in [6.07, 6.45) is 4.57. The van der Waals surface area contributed by atoms with Gasteiger partial charge in [0, 0.05) is 30.9 Å². The van der Waals surface area contributed by atoms with Crippen molar-refractivity contribution in [1.82, 2.24) is 10.2 Å². The van der Waals surface area contributed by atoms with Crippen molar-refractivity contribution in [2.24, 2.45) is 0 Å². The van der Waals surface area contributed by atoms with Crippen LogP contribution in [0.4, 0.5) is 0 Å². The van der Waals surface area contributed by atoms with E-state index in [-0.39, 0.29) is 29.0 Å². The van der Waals surface area contributed by atoms with Crippen molar-refractivity contribution in [3.8, 4) is 5.75 Å². The van der Waals surface area contributed by atoms with Crippen molar-refractivity contribution >= 4 is 26.5 Å². The van der Waals surface area contributed by atoms with Crippen LogP contribution in [0.1, 0.15) is 60.8 Å². The van der Waals surface area contributed by atoms with Crippen molar-refractivity contribution in [1.29, 1.82) is 0 Å². The number of ether oxygens (including phenoxy) is 1. The highest BCUT2D eigenvalue weighted by Gasteiger charge is 2.28. The molecule has 0 aromatic heterocycles. The highest BCUT2D eigenvalue weighted by molar-refractivity contribution is 7.91. The fourth-order valence-electron chi connectivity index (χ4n) is 6.26. The lowest BCUT2D eigenvalue weighted by Gasteiger charge is -2.29. The molecule has 7 heteroatoms. The third-order valence-electron chi connectivity index (χ3n) is 8.51. The zero-order chi connectivity index (χ0) is 28.9. The van der Waals surface area contributed by atoms with E-state index in [0.29, 0.717) is 13.0 Å². The number of hydrogen-bond donors (Lipinski definition) is 1. The van der Waals surface area contributed by atoms with Gasteiger partial charge >= 0.3 is 0 Å². The molecular formula is C35H38N2O4S. The zero-order valence-electron chi connectivity index (χ0n) is 23.9. The molecule has 0 saturated carbocycles. The fraction of sp³-hybridized carbons (Fsp3) is 0.343. The Hall–Kier alpha value is -3.68. The van der Waals surface area contributed by atoms with E-state index in [1.54, 1.807) is 12.1 Å². The van der Waals surface area contributed by atoms with Crippen LogP contribution in [-0.4, -0.2) is 44.7 Å². The maximum atomic E-state index is 13.6. The molecule has 1 saturated heterocycles. The van der Waals surface area contributed by atoms with Crippen LogP contribution in [0, 0.1) is 0 Å². The molecule has 6 nitrogen and oxygen atoms in total. The molecular weight excluding hydrogens is 544 g/mol. The van der Waals surface area contributed by atoms with E-state index in [1.165, 1.54) is 24.8 Å². The molecule has 1 amide bonds. The number of fused-ring (bicyclic) bond motifs is 2.